The number of fused-ring (bicyclic) bond motifs is 1. The first kappa shape index (κ1) is 6.98. The highest BCUT2D eigenvalue weighted by Gasteiger charge is 2.10. The average molecular weight is 166 g/mol. The van der Waals surface area contributed by atoms with Crippen LogP contribution in [0.2, 0.25) is 0 Å². The van der Waals surface area contributed by atoms with Gasteiger partial charge in [0, 0.05) is 24.1 Å². The molecule has 1 aliphatic heterocycles. The summed E-state index contributed by atoms with van der Waals surface area (Å²) in [6, 6.07) is 2.17. The quantitative estimate of drug-likeness (QED) is 0.644. The topological polar surface area (TPSA) is 24.9 Å². The normalized spacial score (nSPS) is 14.3. The number of nitrogens with zero attached hydrogens (tertiary/aromatic N) is 1. The minimum absolute atomic E-state index is 1.04. The van der Waals surface area contributed by atoms with Gasteiger partial charge in [0.15, 0.2) is 0 Å². The fourth-order valence-corrected chi connectivity index (χ4v) is 1.65. The maximum Gasteiger partial charge on any atom is 0.0653 e. The van der Waals surface area contributed by atoms with E-state index in [2.05, 4.69) is 22.6 Å². The Bertz CT molecular complexity index is 273. The summed E-state index contributed by atoms with van der Waals surface area (Å²) in [6.45, 7) is 1.04. The summed E-state index contributed by atoms with van der Waals surface area (Å²) in [6.07, 6.45) is 5.08. The Labute approximate surface area is 70.4 Å². The van der Waals surface area contributed by atoms with E-state index in [-0.39, 0.29) is 0 Å². The Morgan fingerprint density at radius 1 is 1.64 bits per heavy atom. The molecule has 2 nitrogen and oxygen atoms in total. The standard InChI is InChI=1S/C8H10N2S/c1-11-6-4-8-7(10-5-6)2-3-9-8/h4-5,9H,2-3H2,1H3. The Morgan fingerprint density at radius 2 is 2.55 bits per heavy atom. The van der Waals surface area contributed by atoms with E-state index in [9.17, 15) is 0 Å². The molecule has 0 aliphatic carbocycles. The summed E-state index contributed by atoms with van der Waals surface area (Å²) in [4.78, 5) is 5.58. The number of hydrogen-bond donors (Lipinski definition) is 1. The van der Waals surface area contributed by atoms with Crippen molar-refractivity contribution in [3.05, 3.63) is 18.0 Å². The van der Waals surface area contributed by atoms with E-state index < -0.39 is 0 Å². The molecular weight excluding hydrogens is 156 g/mol. The van der Waals surface area contributed by atoms with Crippen LogP contribution in [-0.2, 0) is 6.42 Å². The molecule has 1 aromatic heterocycles. The molecule has 1 N–H and O–H groups in total. The van der Waals surface area contributed by atoms with Crippen molar-refractivity contribution < 1.29 is 0 Å². The minimum atomic E-state index is 1.04. The van der Waals surface area contributed by atoms with Crippen LogP contribution in [0.5, 0.6) is 0 Å². The molecule has 0 unspecified atom stereocenters. The van der Waals surface area contributed by atoms with Crippen molar-refractivity contribution in [3.63, 3.8) is 0 Å². The molecule has 0 radical (unpaired) electrons. The summed E-state index contributed by atoms with van der Waals surface area (Å²) in [7, 11) is 0. The summed E-state index contributed by atoms with van der Waals surface area (Å²) >= 11 is 1.73. The van der Waals surface area contributed by atoms with E-state index in [0.29, 0.717) is 0 Å². The third-order valence-electron chi connectivity index (χ3n) is 1.86. The van der Waals surface area contributed by atoms with Crippen LogP contribution in [0.15, 0.2) is 17.2 Å². The summed E-state index contributed by atoms with van der Waals surface area (Å²) in [5.41, 5.74) is 2.43. The highest BCUT2D eigenvalue weighted by Crippen LogP contribution is 2.24. The first-order chi connectivity index (χ1) is 5.40. The van der Waals surface area contributed by atoms with Gasteiger partial charge in [0.05, 0.1) is 11.4 Å². The Balaban J connectivity index is 2.41. The molecule has 1 aliphatic rings. The predicted molar refractivity (Wildman–Crippen MR) is 48.2 cm³/mol. The summed E-state index contributed by atoms with van der Waals surface area (Å²) in [5.74, 6) is 0. The molecule has 0 aromatic carbocycles. The second-order valence-electron chi connectivity index (χ2n) is 2.55. The third-order valence-corrected chi connectivity index (χ3v) is 2.55. The highest BCUT2D eigenvalue weighted by atomic mass is 32.2. The second kappa shape index (κ2) is 2.74. The predicted octanol–water partition coefficient (Wildman–Crippen LogP) is 1.77. The van der Waals surface area contributed by atoms with Gasteiger partial charge >= 0.3 is 0 Å². The Hall–Kier alpha value is -0.700. The first-order valence-corrected chi connectivity index (χ1v) is 4.89. The zero-order valence-electron chi connectivity index (χ0n) is 6.42. The maximum atomic E-state index is 4.35. The van der Waals surface area contributed by atoms with Gasteiger partial charge in [-0.15, -0.1) is 11.8 Å². The molecule has 0 fully saturated rings. The van der Waals surface area contributed by atoms with Gasteiger partial charge in [-0.05, 0) is 12.3 Å². The molecule has 0 atom stereocenters. The van der Waals surface area contributed by atoms with Crippen LogP contribution in [0.1, 0.15) is 5.69 Å². The molecule has 0 saturated carbocycles. The van der Waals surface area contributed by atoms with Gasteiger partial charge in [-0.25, -0.2) is 0 Å². The lowest BCUT2D eigenvalue weighted by atomic mass is 10.3. The van der Waals surface area contributed by atoms with Gasteiger partial charge < -0.3 is 5.32 Å². The van der Waals surface area contributed by atoms with Crippen molar-refractivity contribution in [2.24, 2.45) is 0 Å². The summed E-state index contributed by atoms with van der Waals surface area (Å²) in [5, 5.41) is 3.30. The lowest BCUT2D eigenvalue weighted by Crippen LogP contribution is -1.90. The molecule has 0 bridgehead atoms. The summed E-state index contributed by atoms with van der Waals surface area (Å²) < 4.78 is 0. The van der Waals surface area contributed by atoms with Crippen molar-refractivity contribution in [2.75, 3.05) is 18.1 Å². The number of hydrogen-bond acceptors (Lipinski definition) is 3. The van der Waals surface area contributed by atoms with Crippen LogP contribution in [0.3, 0.4) is 0 Å². The van der Waals surface area contributed by atoms with Crippen molar-refractivity contribution >= 4 is 17.4 Å². The third kappa shape index (κ3) is 1.20. The van der Waals surface area contributed by atoms with Crippen LogP contribution in [0.25, 0.3) is 0 Å². The SMILES string of the molecule is CSc1cnc2c(c1)NCC2. The van der Waals surface area contributed by atoms with Gasteiger partial charge in [-0.3, -0.25) is 4.98 Å². The van der Waals surface area contributed by atoms with Crippen LogP contribution >= 0.6 is 11.8 Å². The maximum absolute atomic E-state index is 4.35. The van der Waals surface area contributed by atoms with Gasteiger partial charge in [-0.1, -0.05) is 0 Å². The number of thioether (sulfide) groups is 1. The van der Waals surface area contributed by atoms with Gasteiger partial charge in [0.25, 0.3) is 0 Å². The Kier molecular flexibility index (Phi) is 1.74. The number of rotatable bonds is 1. The fourth-order valence-electron chi connectivity index (χ4n) is 1.25. The molecule has 1 aromatic rings. The monoisotopic (exact) mass is 166 g/mol. The lowest BCUT2D eigenvalue weighted by Gasteiger charge is -2.00. The molecule has 0 saturated heterocycles. The van der Waals surface area contributed by atoms with Crippen molar-refractivity contribution in [3.8, 4) is 0 Å². The lowest BCUT2D eigenvalue weighted by molar-refractivity contribution is 1.03. The molecule has 2 rings (SSSR count). The highest BCUT2D eigenvalue weighted by molar-refractivity contribution is 7.98. The van der Waals surface area contributed by atoms with Gasteiger partial charge in [0.1, 0.15) is 0 Å². The van der Waals surface area contributed by atoms with Crippen LogP contribution < -0.4 is 5.32 Å². The second-order valence-corrected chi connectivity index (χ2v) is 3.43. The van der Waals surface area contributed by atoms with E-state index in [1.807, 2.05) is 6.20 Å². The van der Waals surface area contributed by atoms with Gasteiger partial charge in [0.2, 0.25) is 0 Å². The van der Waals surface area contributed by atoms with Crippen LogP contribution in [0, 0.1) is 0 Å². The van der Waals surface area contributed by atoms with Gasteiger partial charge in [-0.2, -0.15) is 0 Å². The number of aromatic nitrogens is 1. The van der Waals surface area contributed by atoms with E-state index >= 15 is 0 Å². The smallest absolute Gasteiger partial charge is 0.0653 e. The molecule has 0 spiro atoms. The molecule has 0 amide bonds. The fraction of sp³-hybridized carbons (Fsp3) is 0.375. The average Bonchev–Trinajstić information content (AvgIpc) is 2.50. The van der Waals surface area contributed by atoms with Crippen molar-refractivity contribution in [2.45, 2.75) is 11.3 Å². The zero-order valence-corrected chi connectivity index (χ0v) is 7.24. The van der Waals surface area contributed by atoms with E-state index in [4.69, 9.17) is 0 Å². The van der Waals surface area contributed by atoms with E-state index in [0.717, 1.165) is 13.0 Å². The van der Waals surface area contributed by atoms with E-state index in [1.54, 1.807) is 11.8 Å². The van der Waals surface area contributed by atoms with Crippen LogP contribution in [-0.4, -0.2) is 17.8 Å². The number of anilines is 1. The largest absolute Gasteiger partial charge is 0.383 e. The number of pyridine rings is 1. The van der Waals surface area contributed by atoms with Crippen molar-refractivity contribution in [1.29, 1.82) is 0 Å². The number of nitrogens with one attached hydrogen (secondary N) is 1. The Morgan fingerprint density at radius 3 is 3.36 bits per heavy atom. The zero-order chi connectivity index (χ0) is 7.68. The minimum Gasteiger partial charge on any atom is -0.383 e. The molecular formula is C8H10N2S. The van der Waals surface area contributed by atoms with E-state index in [1.165, 1.54) is 16.3 Å². The molecule has 2 heterocycles. The molecule has 58 valence electrons. The van der Waals surface area contributed by atoms with Crippen LogP contribution in [0.4, 0.5) is 5.69 Å². The molecule has 11 heavy (non-hydrogen) atoms. The first-order valence-electron chi connectivity index (χ1n) is 3.67. The van der Waals surface area contributed by atoms with Crippen molar-refractivity contribution in [1.82, 2.24) is 4.98 Å². The molecule has 3 heteroatoms.